The van der Waals surface area contributed by atoms with Crippen molar-refractivity contribution in [1.82, 2.24) is 10.2 Å². The third-order valence-electron chi connectivity index (χ3n) is 3.99. The number of nitrogens with one attached hydrogen (secondary N) is 1. The molecule has 102 valence electrons. The lowest BCUT2D eigenvalue weighted by Gasteiger charge is -2.16. The number of cyclic esters (lactones) is 1. The van der Waals surface area contributed by atoms with Crippen molar-refractivity contribution in [2.45, 2.75) is 26.0 Å². The van der Waals surface area contributed by atoms with E-state index in [1.807, 2.05) is 11.0 Å². The second-order valence-electron chi connectivity index (χ2n) is 5.54. The van der Waals surface area contributed by atoms with Crippen LogP contribution in [0.5, 0.6) is 0 Å². The maximum atomic E-state index is 11.9. The number of rotatable bonds is 3. The summed E-state index contributed by atoms with van der Waals surface area (Å²) in [6.45, 7) is 5.45. The van der Waals surface area contributed by atoms with E-state index in [0.717, 1.165) is 26.1 Å². The first-order valence-electron chi connectivity index (χ1n) is 6.94. The minimum absolute atomic E-state index is 0.0623. The van der Waals surface area contributed by atoms with Crippen LogP contribution in [0, 0.1) is 12.8 Å². The fraction of sp³-hybridized carbons (Fsp3) is 0.533. The molecule has 1 amide bonds. The van der Waals surface area contributed by atoms with Crippen molar-refractivity contribution in [2.75, 3.05) is 19.6 Å². The zero-order valence-corrected chi connectivity index (χ0v) is 11.3. The summed E-state index contributed by atoms with van der Waals surface area (Å²) in [4.78, 5) is 13.7. The number of aryl methyl sites for hydroxylation is 1. The van der Waals surface area contributed by atoms with Crippen LogP contribution in [0.2, 0.25) is 0 Å². The van der Waals surface area contributed by atoms with E-state index in [-0.39, 0.29) is 12.2 Å². The van der Waals surface area contributed by atoms with Gasteiger partial charge in [-0.3, -0.25) is 0 Å². The highest BCUT2D eigenvalue weighted by atomic mass is 16.6. The third-order valence-corrected chi connectivity index (χ3v) is 3.99. The van der Waals surface area contributed by atoms with E-state index in [1.54, 1.807) is 0 Å². The predicted molar refractivity (Wildman–Crippen MR) is 72.8 cm³/mol. The Bertz CT molecular complexity index is 469. The molecule has 2 atom stereocenters. The Hall–Kier alpha value is -1.55. The molecule has 4 heteroatoms. The van der Waals surface area contributed by atoms with Crippen LogP contribution in [0.1, 0.15) is 17.5 Å². The number of carbonyl (C=O) groups excluding carboxylic acids is 1. The average Bonchev–Trinajstić information content (AvgIpc) is 3.00. The molecule has 2 unspecified atom stereocenters. The summed E-state index contributed by atoms with van der Waals surface area (Å²) in [7, 11) is 0. The van der Waals surface area contributed by atoms with Crippen molar-refractivity contribution < 1.29 is 9.53 Å². The van der Waals surface area contributed by atoms with Gasteiger partial charge in [-0.05, 0) is 25.5 Å². The third kappa shape index (κ3) is 2.73. The van der Waals surface area contributed by atoms with Gasteiger partial charge in [-0.2, -0.15) is 0 Å². The summed E-state index contributed by atoms with van der Waals surface area (Å²) in [5.74, 6) is 0.478. The fourth-order valence-electron chi connectivity index (χ4n) is 2.93. The van der Waals surface area contributed by atoms with Crippen LogP contribution < -0.4 is 5.32 Å². The summed E-state index contributed by atoms with van der Waals surface area (Å²) >= 11 is 0. The van der Waals surface area contributed by atoms with E-state index in [1.165, 1.54) is 11.1 Å². The molecule has 0 aromatic heterocycles. The molecule has 0 aliphatic carbocycles. The minimum atomic E-state index is -0.168. The normalized spacial score (nSPS) is 26.8. The molecular weight excluding hydrogens is 240 g/mol. The van der Waals surface area contributed by atoms with Crippen LogP contribution in [0.4, 0.5) is 4.79 Å². The summed E-state index contributed by atoms with van der Waals surface area (Å²) < 4.78 is 5.51. The van der Waals surface area contributed by atoms with Gasteiger partial charge in [0.2, 0.25) is 0 Å². The van der Waals surface area contributed by atoms with Gasteiger partial charge in [-0.15, -0.1) is 0 Å². The lowest BCUT2D eigenvalue weighted by atomic mass is 10.0. The van der Waals surface area contributed by atoms with E-state index >= 15 is 0 Å². The van der Waals surface area contributed by atoms with Crippen LogP contribution >= 0.6 is 0 Å². The monoisotopic (exact) mass is 260 g/mol. The topological polar surface area (TPSA) is 41.6 Å². The van der Waals surface area contributed by atoms with Crippen LogP contribution in [0.25, 0.3) is 0 Å². The first-order chi connectivity index (χ1) is 9.22. The van der Waals surface area contributed by atoms with Gasteiger partial charge in [0, 0.05) is 19.0 Å². The van der Waals surface area contributed by atoms with Crippen LogP contribution in [-0.4, -0.2) is 36.7 Å². The standard InChI is InChI=1S/C15H20N2O2/c1-11-3-2-4-12(7-11)9-17-10-14(19-15(17)18)13-5-6-16-8-13/h2-4,7,13-14,16H,5-6,8-10H2,1H3. The predicted octanol–water partition coefficient (Wildman–Crippen LogP) is 1.93. The molecule has 1 N–H and O–H groups in total. The Balaban J connectivity index is 1.64. The maximum absolute atomic E-state index is 11.9. The van der Waals surface area contributed by atoms with Crippen molar-refractivity contribution in [3.8, 4) is 0 Å². The molecule has 0 radical (unpaired) electrons. The fourth-order valence-corrected chi connectivity index (χ4v) is 2.93. The SMILES string of the molecule is Cc1cccc(CN2CC(C3CCNC3)OC2=O)c1. The van der Waals surface area contributed by atoms with Gasteiger partial charge < -0.3 is 15.0 Å². The maximum Gasteiger partial charge on any atom is 0.410 e. The van der Waals surface area contributed by atoms with E-state index in [9.17, 15) is 4.79 Å². The van der Waals surface area contributed by atoms with Gasteiger partial charge in [0.05, 0.1) is 6.54 Å². The van der Waals surface area contributed by atoms with Crippen LogP contribution in [0.15, 0.2) is 24.3 Å². The highest BCUT2D eigenvalue weighted by molar-refractivity contribution is 5.70. The van der Waals surface area contributed by atoms with Gasteiger partial charge in [0.25, 0.3) is 0 Å². The quantitative estimate of drug-likeness (QED) is 0.903. The minimum Gasteiger partial charge on any atom is -0.444 e. The summed E-state index contributed by atoms with van der Waals surface area (Å²) in [5, 5.41) is 3.33. The van der Waals surface area contributed by atoms with Crippen molar-refractivity contribution in [3.05, 3.63) is 35.4 Å². The second kappa shape index (κ2) is 5.21. The van der Waals surface area contributed by atoms with Crippen molar-refractivity contribution in [3.63, 3.8) is 0 Å². The van der Waals surface area contributed by atoms with Gasteiger partial charge in [-0.25, -0.2) is 4.79 Å². The van der Waals surface area contributed by atoms with Crippen molar-refractivity contribution in [2.24, 2.45) is 5.92 Å². The largest absolute Gasteiger partial charge is 0.444 e. The highest BCUT2D eigenvalue weighted by Gasteiger charge is 2.37. The molecule has 2 saturated heterocycles. The Labute approximate surface area is 113 Å². The molecule has 4 nitrogen and oxygen atoms in total. The molecule has 2 fully saturated rings. The number of carbonyl (C=O) groups is 1. The molecule has 19 heavy (non-hydrogen) atoms. The molecule has 0 bridgehead atoms. The zero-order chi connectivity index (χ0) is 13.2. The van der Waals surface area contributed by atoms with E-state index < -0.39 is 0 Å². The van der Waals surface area contributed by atoms with Crippen LogP contribution in [-0.2, 0) is 11.3 Å². The van der Waals surface area contributed by atoms with Crippen molar-refractivity contribution >= 4 is 6.09 Å². The zero-order valence-electron chi connectivity index (χ0n) is 11.3. The molecule has 2 aliphatic heterocycles. The van der Waals surface area contributed by atoms with E-state index in [2.05, 4.69) is 30.4 Å². The van der Waals surface area contributed by atoms with Crippen molar-refractivity contribution in [1.29, 1.82) is 0 Å². The molecule has 0 spiro atoms. The molecular formula is C15H20N2O2. The molecule has 2 heterocycles. The van der Waals surface area contributed by atoms with E-state index in [4.69, 9.17) is 4.74 Å². The summed E-state index contributed by atoms with van der Waals surface area (Å²) in [5.41, 5.74) is 2.39. The number of benzene rings is 1. The molecule has 1 aromatic carbocycles. The second-order valence-corrected chi connectivity index (χ2v) is 5.54. The Morgan fingerprint density at radius 2 is 2.37 bits per heavy atom. The summed E-state index contributed by atoms with van der Waals surface area (Å²) in [6.07, 6.45) is 1.00. The number of ether oxygens (including phenoxy) is 1. The molecule has 3 rings (SSSR count). The number of nitrogens with zero attached hydrogens (tertiary/aromatic N) is 1. The lowest BCUT2D eigenvalue weighted by Crippen LogP contribution is -2.28. The summed E-state index contributed by atoms with van der Waals surface area (Å²) in [6, 6.07) is 8.28. The number of amides is 1. The van der Waals surface area contributed by atoms with Gasteiger partial charge >= 0.3 is 6.09 Å². The Morgan fingerprint density at radius 1 is 1.47 bits per heavy atom. The Kier molecular flexibility index (Phi) is 3.42. The van der Waals surface area contributed by atoms with Gasteiger partial charge in [0.15, 0.2) is 0 Å². The van der Waals surface area contributed by atoms with E-state index in [0.29, 0.717) is 12.5 Å². The first kappa shape index (κ1) is 12.5. The van der Waals surface area contributed by atoms with Gasteiger partial charge in [0.1, 0.15) is 6.10 Å². The molecule has 1 aromatic rings. The number of hydrogen-bond acceptors (Lipinski definition) is 3. The highest BCUT2D eigenvalue weighted by Crippen LogP contribution is 2.24. The number of hydrogen-bond donors (Lipinski definition) is 1. The average molecular weight is 260 g/mol. The molecule has 0 saturated carbocycles. The molecule has 2 aliphatic rings. The van der Waals surface area contributed by atoms with Crippen LogP contribution in [0.3, 0.4) is 0 Å². The van der Waals surface area contributed by atoms with Gasteiger partial charge in [-0.1, -0.05) is 29.8 Å². The smallest absolute Gasteiger partial charge is 0.410 e. The first-order valence-corrected chi connectivity index (χ1v) is 6.94. The lowest BCUT2D eigenvalue weighted by molar-refractivity contribution is 0.107. The Morgan fingerprint density at radius 3 is 3.11 bits per heavy atom.